The molecule has 0 aliphatic heterocycles. The van der Waals surface area contributed by atoms with Gasteiger partial charge in [0.05, 0.1) is 18.4 Å². The Labute approximate surface area is 163 Å². The fourth-order valence-corrected chi connectivity index (χ4v) is 3.05. The number of amides is 1. The van der Waals surface area contributed by atoms with E-state index in [0.29, 0.717) is 11.3 Å². The van der Waals surface area contributed by atoms with Gasteiger partial charge in [-0.2, -0.15) is 0 Å². The fraction of sp³-hybridized carbons (Fsp3) is 0.263. The van der Waals surface area contributed by atoms with Crippen molar-refractivity contribution in [2.24, 2.45) is 5.14 Å². The Morgan fingerprint density at radius 2 is 1.89 bits per heavy atom. The SMILES string of the molecule is COc1ccc(C)cc1CC(=O)O[C@@H](C)C(=O)Nc1cccc(S(N)(=O)=O)c1. The zero-order valence-electron chi connectivity index (χ0n) is 15.8. The quantitative estimate of drug-likeness (QED) is 0.675. The lowest BCUT2D eigenvalue weighted by atomic mass is 10.1. The molecule has 2 aromatic rings. The number of hydrogen-bond donors (Lipinski definition) is 2. The highest BCUT2D eigenvalue weighted by atomic mass is 32.2. The second-order valence-electron chi connectivity index (χ2n) is 6.19. The number of carbonyl (C=O) groups is 2. The van der Waals surface area contributed by atoms with Crippen molar-refractivity contribution in [3.05, 3.63) is 53.6 Å². The highest BCUT2D eigenvalue weighted by Crippen LogP contribution is 2.21. The molecular weight excluding hydrogens is 384 g/mol. The third-order valence-corrected chi connectivity index (χ3v) is 4.79. The van der Waals surface area contributed by atoms with Crippen LogP contribution >= 0.6 is 0 Å². The molecule has 0 saturated heterocycles. The molecule has 2 aromatic carbocycles. The predicted octanol–water partition coefficient (Wildman–Crippen LogP) is 1.76. The molecule has 150 valence electrons. The van der Waals surface area contributed by atoms with Crippen LogP contribution < -0.4 is 15.2 Å². The topological polar surface area (TPSA) is 125 Å². The minimum atomic E-state index is -3.89. The largest absolute Gasteiger partial charge is 0.496 e. The molecule has 0 saturated carbocycles. The Balaban J connectivity index is 2.01. The molecule has 0 aromatic heterocycles. The molecule has 1 atom stereocenters. The number of rotatable bonds is 7. The van der Waals surface area contributed by atoms with Crippen LogP contribution in [0.2, 0.25) is 0 Å². The Kier molecular flexibility index (Phi) is 6.76. The molecule has 0 spiro atoms. The number of primary sulfonamides is 1. The van der Waals surface area contributed by atoms with Gasteiger partial charge in [0, 0.05) is 11.3 Å². The number of nitrogens with one attached hydrogen (secondary N) is 1. The number of methoxy groups -OCH3 is 1. The van der Waals surface area contributed by atoms with Gasteiger partial charge >= 0.3 is 5.97 Å². The van der Waals surface area contributed by atoms with Crippen LogP contribution in [0.25, 0.3) is 0 Å². The molecule has 0 heterocycles. The van der Waals surface area contributed by atoms with E-state index in [9.17, 15) is 18.0 Å². The monoisotopic (exact) mass is 406 g/mol. The second kappa shape index (κ2) is 8.85. The summed E-state index contributed by atoms with van der Waals surface area (Å²) in [5, 5.41) is 7.56. The van der Waals surface area contributed by atoms with Crippen LogP contribution in [0.4, 0.5) is 5.69 Å². The summed E-state index contributed by atoms with van der Waals surface area (Å²) in [7, 11) is -2.39. The number of anilines is 1. The summed E-state index contributed by atoms with van der Waals surface area (Å²) in [5.41, 5.74) is 1.84. The number of ether oxygens (including phenoxy) is 2. The van der Waals surface area contributed by atoms with E-state index in [1.165, 1.54) is 38.3 Å². The molecule has 0 aliphatic carbocycles. The number of aryl methyl sites for hydroxylation is 1. The smallest absolute Gasteiger partial charge is 0.311 e. The van der Waals surface area contributed by atoms with Gasteiger partial charge in [-0.3, -0.25) is 9.59 Å². The molecule has 0 bridgehead atoms. The minimum Gasteiger partial charge on any atom is -0.496 e. The van der Waals surface area contributed by atoms with Crippen LogP contribution in [0.3, 0.4) is 0 Å². The summed E-state index contributed by atoms with van der Waals surface area (Å²) in [4.78, 5) is 24.3. The number of benzene rings is 2. The molecule has 9 heteroatoms. The van der Waals surface area contributed by atoms with Gasteiger partial charge in [0.15, 0.2) is 6.10 Å². The van der Waals surface area contributed by atoms with E-state index in [1.54, 1.807) is 6.07 Å². The molecule has 2 rings (SSSR count). The van der Waals surface area contributed by atoms with Crippen molar-refractivity contribution in [1.82, 2.24) is 0 Å². The van der Waals surface area contributed by atoms with Crippen LogP contribution in [0.15, 0.2) is 47.4 Å². The lowest BCUT2D eigenvalue weighted by molar-refractivity contribution is -0.152. The van der Waals surface area contributed by atoms with Gasteiger partial charge in [0.2, 0.25) is 10.0 Å². The maximum absolute atomic E-state index is 12.2. The molecule has 3 N–H and O–H groups in total. The van der Waals surface area contributed by atoms with Crippen molar-refractivity contribution in [2.45, 2.75) is 31.3 Å². The lowest BCUT2D eigenvalue weighted by Crippen LogP contribution is -2.30. The Morgan fingerprint density at radius 1 is 1.18 bits per heavy atom. The average molecular weight is 406 g/mol. The summed E-state index contributed by atoms with van der Waals surface area (Å²) in [6.07, 6.45) is -1.13. The molecule has 0 fully saturated rings. The first-order chi connectivity index (χ1) is 13.1. The van der Waals surface area contributed by atoms with Gasteiger partial charge in [-0.25, -0.2) is 13.6 Å². The van der Waals surface area contributed by atoms with Crippen molar-refractivity contribution in [3.8, 4) is 5.75 Å². The first kappa shape index (κ1) is 21.4. The van der Waals surface area contributed by atoms with Crippen molar-refractivity contribution >= 4 is 27.6 Å². The second-order valence-corrected chi connectivity index (χ2v) is 7.75. The Morgan fingerprint density at radius 3 is 2.54 bits per heavy atom. The summed E-state index contributed by atoms with van der Waals surface area (Å²) < 4.78 is 33.2. The van der Waals surface area contributed by atoms with Crippen LogP contribution in [0.5, 0.6) is 5.75 Å². The van der Waals surface area contributed by atoms with Gasteiger partial charge in [-0.15, -0.1) is 0 Å². The predicted molar refractivity (Wildman–Crippen MR) is 103 cm³/mol. The molecule has 0 unspecified atom stereocenters. The van der Waals surface area contributed by atoms with Crippen LogP contribution in [0.1, 0.15) is 18.1 Å². The average Bonchev–Trinajstić information content (AvgIpc) is 2.61. The van der Waals surface area contributed by atoms with E-state index in [0.717, 1.165) is 5.56 Å². The fourth-order valence-electron chi connectivity index (χ4n) is 2.49. The third-order valence-electron chi connectivity index (χ3n) is 3.88. The van der Waals surface area contributed by atoms with Crippen LogP contribution in [-0.4, -0.2) is 33.5 Å². The molecule has 28 heavy (non-hydrogen) atoms. The van der Waals surface area contributed by atoms with Crippen molar-refractivity contribution in [1.29, 1.82) is 0 Å². The molecule has 1 amide bonds. The number of carbonyl (C=O) groups excluding carboxylic acids is 2. The van der Waals surface area contributed by atoms with Gasteiger partial charge in [-0.05, 0) is 38.1 Å². The van der Waals surface area contributed by atoms with E-state index in [1.807, 2.05) is 19.1 Å². The normalized spacial score (nSPS) is 12.1. The maximum Gasteiger partial charge on any atom is 0.311 e. The highest BCUT2D eigenvalue weighted by Gasteiger charge is 2.20. The van der Waals surface area contributed by atoms with Gasteiger partial charge < -0.3 is 14.8 Å². The van der Waals surface area contributed by atoms with E-state index >= 15 is 0 Å². The van der Waals surface area contributed by atoms with Crippen molar-refractivity contribution in [3.63, 3.8) is 0 Å². The van der Waals surface area contributed by atoms with Crippen LogP contribution in [-0.2, 0) is 30.8 Å². The summed E-state index contributed by atoms with van der Waals surface area (Å²) in [5.74, 6) is -0.638. The first-order valence-corrected chi connectivity index (χ1v) is 9.91. The van der Waals surface area contributed by atoms with Gasteiger partial charge in [0.25, 0.3) is 5.91 Å². The Hall–Kier alpha value is -2.91. The third kappa shape index (κ3) is 5.80. The zero-order valence-corrected chi connectivity index (χ0v) is 16.6. The number of esters is 1. The van der Waals surface area contributed by atoms with Gasteiger partial charge in [-0.1, -0.05) is 23.8 Å². The molecular formula is C19H22N2O6S. The van der Waals surface area contributed by atoms with Crippen LogP contribution in [0, 0.1) is 6.92 Å². The lowest BCUT2D eigenvalue weighted by Gasteiger charge is -2.15. The first-order valence-electron chi connectivity index (χ1n) is 8.37. The molecule has 8 nitrogen and oxygen atoms in total. The Bertz CT molecular complexity index is 988. The summed E-state index contributed by atoms with van der Waals surface area (Å²) in [6.45, 7) is 3.31. The van der Waals surface area contributed by atoms with E-state index in [2.05, 4.69) is 5.32 Å². The maximum atomic E-state index is 12.2. The number of hydrogen-bond acceptors (Lipinski definition) is 6. The highest BCUT2D eigenvalue weighted by molar-refractivity contribution is 7.89. The van der Waals surface area contributed by atoms with E-state index in [-0.39, 0.29) is 17.0 Å². The summed E-state index contributed by atoms with van der Waals surface area (Å²) in [6, 6.07) is 10.9. The minimum absolute atomic E-state index is 0.0522. The summed E-state index contributed by atoms with van der Waals surface area (Å²) >= 11 is 0. The standard InChI is InChI=1S/C19H22N2O6S/c1-12-7-8-17(26-3)14(9-12)10-18(22)27-13(2)19(23)21-15-5-4-6-16(11-15)28(20,24)25/h4-9,11,13H,10H2,1-3H3,(H,21,23)(H2,20,24,25)/t13-/m0/s1. The molecule has 0 radical (unpaired) electrons. The number of nitrogens with two attached hydrogens (primary N) is 1. The molecule has 0 aliphatic rings. The van der Waals surface area contributed by atoms with Crippen molar-refractivity contribution in [2.75, 3.05) is 12.4 Å². The van der Waals surface area contributed by atoms with Gasteiger partial charge in [0.1, 0.15) is 5.75 Å². The van der Waals surface area contributed by atoms with E-state index in [4.69, 9.17) is 14.6 Å². The van der Waals surface area contributed by atoms with Crippen molar-refractivity contribution < 1.29 is 27.5 Å². The number of sulfonamides is 1. The zero-order chi connectivity index (χ0) is 20.9. The van der Waals surface area contributed by atoms with E-state index < -0.39 is 28.0 Å².